The van der Waals surface area contributed by atoms with Crippen LogP contribution < -0.4 is 15.8 Å². The number of amides is 1. The summed E-state index contributed by atoms with van der Waals surface area (Å²) < 4.78 is 17.1. The molecule has 39 heavy (non-hydrogen) atoms. The third-order valence-electron chi connectivity index (χ3n) is 7.58. The fourth-order valence-electron chi connectivity index (χ4n) is 4.92. The first-order valence-electron chi connectivity index (χ1n) is 12.9. The van der Waals surface area contributed by atoms with Crippen molar-refractivity contribution in [2.75, 3.05) is 32.1 Å². The lowest BCUT2D eigenvalue weighted by molar-refractivity contribution is -0.137. The van der Waals surface area contributed by atoms with E-state index in [1.54, 1.807) is 43.5 Å². The van der Waals surface area contributed by atoms with Crippen LogP contribution in [0.15, 0.2) is 30.6 Å². The normalized spacial score (nSPS) is 20.0. The number of nitrogens with zero attached hydrogens (tertiary/aromatic N) is 4. The maximum absolute atomic E-state index is 12.5. The van der Waals surface area contributed by atoms with Crippen LogP contribution in [0.1, 0.15) is 62.2 Å². The van der Waals surface area contributed by atoms with Gasteiger partial charge >= 0.3 is 5.97 Å². The third-order valence-corrected chi connectivity index (χ3v) is 7.58. The van der Waals surface area contributed by atoms with Gasteiger partial charge in [-0.3, -0.25) is 4.79 Å². The molecule has 1 saturated heterocycles. The van der Waals surface area contributed by atoms with Gasteiger partial charge in [-0.1, -0.05) is 6.92 Å². The second kappa shape index (κ2) is 9.73. The van der Waals surface area contributed by atoms with Gasteiger partial charge in [0, 0.05) is 37.9 Å². The molecule has 3 aromatic heterocycles. The Morgan fingerprint density at radius 1 is 1.23 bits per heavy atom. The molecule has 0 aliphatic carbocycles. The molecular formula is C28H34N6O5. The molecule has 11 heteroatoms. The molecule has 0 radical (unpaired) electrons. The lowest BCUT2D eigenvalue weighted by Crippen LogP contribution is -2.55. The molecule has 1 fully saturated rings. The van der Waals surface area contributed by atoms with Crippen molar-refractivity contribution in [3.8, 4) is 5.88 Å². The molecule has 2 aliphatic rings. The molecule has 0 unspecified atom stereocenters. The standard InChI is InChI=1S/C28H34N6O5/c1-15-24-18(26(36)39-27(15,3)4)7-8-22(33-24)32-23-9-19-20(10-30-23)25(38-17-12-34(13-17)16(2)35)31-11-21(19)28(5,29)14-37-6/h7-11,15,17H,12-14,29H2,1-6H3,(H,30,32,33)/t15-,28-/m1/s1. The highest BCUT2D eigenvalue weighted by Gasteiger charge is 2.40. The van der Waals surface area contributed by atoms with Gasteiger partial charge in [-0.15, -0.1) is 0 Å². The monoisotopic (exact) mass is 534 g/mol. The van der Waals surface area contributed by atoms with Crippen LogP contribution in [-0.2, 0) is 19.8 Å². The Labute approximate surface area is 227 Å². The number of carbonyl (C=O) groups excluding carboxylic acids is 2. The number of cyclic esters (lactones) is 1. The molecule has 2 atom stereocenters. The number of rotatable bonds is 7. The molecule has 0 aromatic carbocycles. The van der Waals surface area contributed by atoms with Crippen LogP contribution in [0.25, 0.3) is 10.8 Å². The average Bonchev–Trinajstić information content (AvgIpc) is 2.83. The molecule has 5 heterocycles. The number of hydrogen-bond acceptors (Lipinski definition) is 10. The molecule has 3 aromatic rings. The van der Waals surface area contributed by atoms with E-state index in [1.165, 1.54) is 0 Å². The minimum atomic E-state index is -0.829. The Morgan fingerprint density at radius 2 is 1.97 bits per heavy atom. The number of hydrogen-bond donors (Lipinski definition) is 2. The topological polar surface area (TPSA) is 142 Å². The van der Waals surface area contributed by atoms with E-state index in [2.05, 4.69) is 15.3 Å². The lowest BCUT2D eigenvalue weighted by atomic mass is 9.84. The molecule has 0 spiro atoms. The van der Waals surface area contributed by atoms with Crippen molar-refractivity contribution in [1.82, 2.24) is 19.9 Å². The average molecular weight is 535 g/mol. The van der Waals surface area contributed by atoms with E-state index in [9.17, 15) is 9.59 Å². The van der Waals surface area contributed by atoms with Crippen molar-refractivity contribution in [2.24, 2.45) is 5.73 Å². The first-order valence-corrected chi connectivity index (χ1v) is 12.9. The SMILES string of the molecule is COC[C@@](C)(N)c1cnc(OC2CN(C(C)=O)C2)c2cnc(Nc3ccc4c(n3)[C@@H](C)C(C)(C)OC4=O)cc12. The fraction of sp³-hybridized carbons (Fsp3) is 0.464. The van der Waals surface area contributed by atoms with Crippen LogP contribution in [0.2, 0.25) is 0 Å². The summed E-state index contributed by atoms with van der Waals surface area (Å²) in [5.74, 6) is 1.07. The predicted molar refractivity (Wildman–Crippen MR) is 145 cm³/mol. The lowest BCUT2D eigenvalue weighted by Gasteiger charge is -2.38. The number of nitrogens with one attached hydrogen (secondary N) is 1. The summed E-state index contributed by atoms with van der Waals surface area (Å²) in [6.07, 6.45) is 3.25. The number of likely N-dealkylation sites (tertiary alicyclic amines) is 1. The number of carbonyl (C=O) groups is 2. The molecule has 206 valence electrons. The summed E-state index contributed by atoms with van der Waals surface area (Å²) in [4.78, 5) is 39.7. The Hall–Kier alpha value is -3.83. The zero-order chi connectivity index (χ0) is 28.1. The van der Waals surface area contributed by atoms with Crippen molar-refractivity contribution in [3.63, 3.8) is 0 Å². The second-order valence-corrected chi connectivity index (χ2v) is 11.1. The highest BCUT2D eigenvalue weighted by Crippen LogP contribution is 2.38. The first-order chi connectivity index (χ1) is 18.4. The number of pyridine rings is 3. The Bertz CT molecular complexity index is 1450. The molecule has 5 rings (SSSR count). The maximum atomic E-state index is 12.5. The summed E-state index contributed by atoms with van der Waals surface area (Å²) in [5.41, 5.74) is 7.06. The molecular weight excluding hydrogens is 500 g/mol. The van der Waals surface area contributed by atoms with E-state index in [0.717, 1.165) is 10.9 Å². The molecule has 0 bridgehead atoms. The molecule has 2 aliphatic heterocycles. The summed E-state index contributed by atoms with van der Waals surface area (Å²) in [6, 6.07) is 5.33. The van der Waals surface area contributed by atoms with Gasteiger partial charge < -0.3 is 30.2 Å². The highest BCUT2D eigenvalue weighted by molar-refractivity contribution is 5.93. The van der Waals surface area contributed by atoms with Crippen LogP contribution in [0, 0.1) is 0 Å². The molecule has 3 N–H and O–H groups in total. The largest absolute Gasteiger partial charge is 0.470 e. The number of nitrogens with two attached hydrogens (primary N) is 1. The number of methoxy groups -OCH3 is 1. The predicted octanol–water partition coefficient (Wildman–Crippen LogP) is 3.25. The number of fused-ring (bicyclic) bond motifs is 2. The van der Waals surface area contributed by atoms with Gasteiger partial charge in [0.25, 0.3) is 0 Å². The molecule has 11 nitrogen and oxygen atoms in total. The van der Waals surface area contributed by atoms with E-state index >= 15 is 0 Å². The van der Waals surface area contributed by atoms with Gasteiger partial charge in [0.1, 0.15) is 23.3 Å². The van der Waals surface area contributed by atoms with Crippen LogP contribution >= 0.6 is 0 Å². The second-order valence-electron chi connectivity index (χ2n) is 11.1. The maximum Gasteiger partial charge on any atom is 0.340 e. The number of ether oxygens (including phenoxy) is 3. The smallest absolute Gasteiger partial charge is 0.340 e. The van der Waals surface area contributed by atoms with E-state index in [1.807, 2.05) is 33.8 Å². The molecule has 1 amide bonds. The van der Waals surface area contributed by atoms with Crippen molar-refractivity contribution in [3.05, 3.63) is 47.4 Å². The number of esters is 1. The van der Waals surface area contributed by atoms with Gasteiger partial charge in [-0.05, 0) is 44.4 Å². The van der Waals surface area contributed by atoms with Crippen LogP contribution in [0.5, 0.6) is 5.88 Å². The van der Waals surface area contributed by atoms with Crippen LogP contribution in [0.4, 0.5) is 11.6 Å². The minimum Gasteiger partial charge on any atom is -0.470 e. The highest BCUT2D eigenvalue weighted by atomic mass is 16.6. The van der Waals surface area contributed by atoms with Crippen molar-refractivity contribution in [1.29, 1.82) is 0 Å². The number of anilines is 2. The van der Waals surface area contributed by atoms with E-state index in [-0.39, 0.29) is 30.5 Å². The Morgan fingerprint density at radius 3 is 2.67 bits per heavy atom. The first kappa shape index (κ1) is 26.8. The van der Waals surface area contributed by atoms with E-state index < -0.39 is 11.1 Å². The van der Waals surface area contributed by atoms with Crippen molar-refractivity contribution >= 4 is 34.3 Å². The Kier molecular flexibility index (Phi) is 6.68. The quantitative estimate of drug-likeness (QED) is 0.434. The van der Waals surface area contributed by atoms with Gasteiger partial charge in [-0.2, -0.15) is 0 Å². The number of aromatic nitrogens is 3. The fourth-order valence-corrected chi connectivity index (χ4v) is 4.92. The van der Waals surface area contributed by atoms with Crippen molar-refractivity contribution < 1.29 is 23.8 Å². The zero-order valence-electron chi connectivity index (χ0n) is 23.1. The van der Waals surface area contributed by atoms with Gasteiger partial charge in [0.2, 0.25) is 11.8 Å². The summed E-state index contributed by atoms with van der Waals surface area (Å²) in [6.45, 7) is 10.5. The van der Waals surface area contributed by atoms with Crippen LogP contribution in [-0.4, -0.2) is 70.2 Å². The summed E-state index contributed by atoms with van der Waals surface area (Å²) >= 11 is 0. The van der Waals surface area contributed by atoms with E-state index in [0.29, 0.717) is 47.2 Å². The van der Waals surface area contributed by atoms with Gasteiger partial charge in [0.05, 0.1) is 41.9 Å². The summed E-state index contributed by atoms with van der Waals surface area (Å²) in [5, 5.41) is 4.77. The summed E-state index contributed by atoms with van der Waals surface area (Å²) in [7, 11) is 1.60. The van der Waals surface area contributed by atoms with E-state index in [4.69, 9.17) is 24.9 Å². The third kappa shape index (κ3) is 4.99. The minimum absolute atomic E-state index is 0.0181. The zero-order valence-corrected chi connectivity index (χ0v) is 23.1. The van der Waals surface area contributed by atoms with Gasteiger partial charge in [-0.25, -0.2) is 19.7 Å². The Balaban J connectivity index is 1.50. The molecule has 0 saturated carbocycles. The van der Waals surface area contributed by atoms with Crippen LogP contribution in [0.3, 0.4) is 0 Å². The van der Waals surface area contributed by atoms with Crippen molar-refractivity contribution in [2.45, 2.75) is 57.8 Å². The van der Waals surface area contributed by atoms with Gasteiger partial charge in [0.15, 0.2) is 0 Å².